The van der Waals surface area contributed by atoms with Gasteiger partial charge in [0.25, 0.3) is 0 Å². The van der Waals surface area contributed by atoms with Crippen molar-refractivity contribution in [2.45, 2.75) is 25.6 Å². The van der Waals surface area contributed by atoms with Crippen LogP contribution < -0.4 is 5.73 Å². The summed E-state index contributed by atoms with van der Waals surface area (Å²) in [6.45, 7) is 1.41. The molecule has 2 atom stereocenters. The topological polar surface area (TPSA) is 63.3 Å². The fraction of sp³-hybridized carbons (Fsp3) is 0.364. The average molecular weight is 211 g/mol. The summed E-state index contributed by atoms with van der Waals surface area (Å²) in [6, 6.07) is 6.07. The maximum absolute atomic E-state index is 13.2. The number of benzene rings is 1. The number of hydrogen-bond acceptors (Lipinski definition) is 2. The first-order valence-electron chi connectivity index (χ1n) is 4.72. The average Bonchev–Trinajstić information content (AvgIpc) is 2.16. The van der Waals surface area contributed by atoms with E-state index in [4.69, 9.17) is 10.8 Å². The lowest BCUT2D eigenvalue weighted by atomic mass is 9.96. The monoisotopic (exact) mass is 211 g/mol. The molecule has 1 aromatic rings. The van der Waals surface area contributed by atoms with Crippen LogP contribution in [0.4, 0.5) is 4.39 Å². The van der Waals surface area contributed by atoms with Crippen LogP contribution >= 0.6 is 0 Å². The number of rotatable bonds is 4. The zero-order chi connectivity index (χ0) is 11.4. The Morgan fingerprint density at radius 1 is 1.47 bits per heavy atom. The minimum Gasteiger partial charge on any atom is -0.481 e. The summed E-state index contributed by atoms with van der Waals surface area (Å²) in [5.41, 5.74) is 6.72. The molecular formula is C11H14FNO2. The molecule has 0 heterocycles. The summed E-state index contributed by atoms with van der Waals surface area (Å²) in [5.74, 6) is -0.983. The van der Waals surface area contributed by atoms with Crippen LogP contribution in [-0.4, -0.2) is 11.1 Å². The molecule has 0 aliphatic carbocycles. The Kier molecular flexibility index (Phi) is 3.80. The standard InChI is InChI=1S/C11H14FNO2/c1-7(12)8-4-2-3-5-9(8)10(13)6-11(14)15/h2-5,7,10H,6,13H2,1H3,(H,14,15). The number of carboxylic acids is 1. The minimum absolute atomic E-state index is 0.191. The third kappa shape index (κ3) is 3.02. The van der Waals surface area contributed by atoms with Crippen LogP contribution in [0, 0.1) is 0 Å². The van der Waals surface area contributed by atoms with E-state index in [9.17, 15) is 9.18 Å². The van der Waals surface area contributed by atoms with Crippen LogP contribution in [0.3, 0.4) is 0 Å². The third-order valence-corrected chi connectivity index (χ3v) is 2.22. The van der Waals surface area contributed by atoms with Crippen LogP contribution in [0.15, 0.2) is 24.3 Å². The zero-order valence-electron chi connectivity index (χ0n) is 8.48. The van der Waals surface area contributed by atoms with E-state index >= 15 is 0 Å². The number of alkyl halides is 1. The summed E-state index contributed by atoms with van der Waals surface area (Å²) in [5, 5.41) is 8.60. The largest absolute Gasteiger partial charge is 0.481 e. The maximum Gasteiger partial charge on any atom is 0.305 e. The maximum atomic E-state index is 13.2. The van der Waals surface area contributed by atoms with E-state index in [1.165, 1.54) is 6.92 Å². The Hall–Kier alpha value is -1.42. The fourth-order valence-corrected chi connectivity index (χ4v) is 1.51. The number of aliphatic carboxylic acids is 1. The molecule has 1 aromatic carbocycles. The molecule has 0 bridgehead atoms. The first-order valence-corrected chi connectivity index (χ1v) is 4.72. The smallest absolute Gasteiger partial charge is 0.305 e. The van der Waals surface area contributed by atoms with Crippen molar-refractivity contribution in [2.24, 2.45) is 5.73 Å². The molecule has 3 N–H and O–H groups in total. The molecule has 2 unspecified atom stereocenters. The van der Waals surface area contributed by atoms with Crippen molar-refractivity contribution in [1.29, 1.82) is 0 Å². The fourth-order valence-electron chi connectivity index (χ4n) is 1.51. The van der Waals surface area contributed by atoms with Crippen LogP contribution in [-0.2, 0) is 4.79 Å². The van der Waals surface area contributed by atoms with Gasteiger partial charge in [0.15, 0.2) is 0 Å². The van der Waals surface area contributed by atoms with Crippen molar-refractivity contribution in [1.82, 2.24) is 0 Å². The first-order chi connectivity index (χ1) is 7.02. The minimum atomic E-state index is -1.14. The summed E-state index contributed by atoms with van der Waals surface area (Å²) < 4.78 is 13.2. The highest BCUT2D eigenvalue weighted by atomic mass is 19.1. The molecule has 15 heavy (non-hydrogen) atoms. The Morgan fingerprint density at radius 2 is 2.00 bits per heavy atom. The molecule has 4 heteroatoms. The van der Waals surface area contributed by atoms with Gasteiger partial charge in [-0.25, -0.2) is 4.39 Å². The van der Waals surface area contributed by atoms with E-state index in [1.807, 2.05) is 0 Å². The van der Waals surface area contributed by atoms with Crippen LogP contribution in [0.25, 0.3) is 0 Å². The molecule has 82 valence electrons. The highest BCUT2D eigenvalue weighted by molar-refractivity contribution is 5.68. The van der Waals surface area contributed by atoms with Gasteiger partial charge in [0.2, 0.25) is 0 Å². The zero-order valence-corrected chi connectivity index (χ0v) is 8.48. The van der Waals surface area contributed by atoms with Gasteiger partial charge in [0, 0.05) is 6.04 Å². The molecule has 0 aliphatic rings. The Bertz CT molecular complexity index is 352. The predicted octanol–water partition coefficient (Wildman–Crippen LogP) is 2.19. The molecule has 0 amide bonds. The van der Waals surface area contributed by atoms with Crippen LogP contribution in [0.1, 0.15) is 36.7 Å². The molecule has 0 fully saturated rings. The van der Waals surface area contributed by atoms with E-state index in [-0.39, 0.29) is 6.42 Å². The van der Waals surface area contributed by atoms with Crippen molar-refractivity contribution in [2.75, 3.05) is 0 Å². The quantitative estimate of drug-likeness (QED) is 0.802. The van der Waals surface area contributed by atoms with Gasteiger partial charge in [-0.2, -0.15) is 0 Å². The number of nitrogens with two attached hydrogens (primary N) is 1. The number of halogens is 1. The third-order valence-electron chi connectivity index (χ3n) is 2.22. The van der Waals surface area contributed by atoms with E-state index in [1.54, 1.807) is 24.3 Å². The molecule has 0 aliphatic heterocycles. The summed E-state index contributed by atoms with van der Waals surface area (Å²) in [7, 11) is 0. The van der Waals surface area contributed by atoms with Gasteiger partial charge < -0.3 is 10.8 Å². The van der Waals surface area contributed by atoms with Gasteiger partial charge in [-0.05, 0) is 18.1 Å². The number of hydrogen-bond donors (Lipinski definition) is 2. The molecule has 0 saturated carbocycles. The van der Waals surface area contributed by atoms with Crippen molar-refractivity contribution in [3.05, 3.63) is 35.4 Å². The van der Waals surface area contributed by atoms with Gasteiger partial charge in [-0.15, -0.1) is 0 Å². The first kappa shape index (κ1) is 11.7. The Balaban J connectivity index is 2.97. The summed E-state index contributed by atoms with van der Waals surface area (Å²) in [4.78, 5) is 10.5. The van der Waals surface area contributed by atoms with Gasteiger partial charge in [-0.1, -0.05) is 24.3 Å². The summed E-state index contributed by atoms with van der Waals surface area (Å²) >= 11 is 0. The molecule has 3 nitrogen and oxygen atoms in total. The van der Waals surface area contributed by atoms with Gasteiger partial charge >= 0.3 is 5.97 Å². The SMILES string of the molecule is CC(F)c1ccccc1C(N)CC(=O)O. The molecule has 0 saturated heterocycles. The van der Waals surface area contributed by atoms with Gasteiger partial charge in [0.05, 0.1) is 6.42 Å². The Morgan fingerprint density at radius 3 is 2.47 bits per heavy atom. The lowest BCUT2D eigenvalue weighted by Gasteiger charge is -2.15. The molecule has 0 aromatic heterocycles. The van der Waals surface area contributed by atoms with Crippen molar-refractivity contribution >= 4 is 5.97 Å². The second-order valence-corrected chi connectivity index (χ2v) is 3.45. The number of carbonyl (C=O) groups is 1. The van der Waals surface area contributed by atoms with E-state index in [0.717, 1.165) is 0 Å². The highest BCUT2D eigenvalue weighted by Gasteiger charge is 2.16. The van der Waals surface area contributed by atoms with E-state index in [0.29, 0.717) is 11.1 Å². The lowest BCUT2D eigenvalue weighted by Crippen LogP contribution is -2.16. The normalized spacial score (nSPS) is 14.6. The van der Waals surface area contributed by atoms with E-state index < -0.39 is 18.2 Å². The number of carboxylic acid groups (broad SMARTS) is 1. The van der Waals surface area contributed by atoms with Gasteiger partial charge in [-0.3, -0.25) is 4.79 Å². The van der Waals surface area contributed by atoms with Crippen molar-refractivity contribution < 1.29 is 14.3 Å². The second kappa shape index (κ2) is 4.89. The Labute approximate surface area is 87.7 Å². The highest BCUT2D eigenvalue weighted by Crippen LogP contribution is 2.26. The van der Waals surface area contributed by atoms with Crippen molar-refractivity contribution in [3.63, 3.8) is 0 Å². The van der Waals surface area contributed by atoms with Crippen LogP contribution in [0.2, 0.25) is 0 Å². The van der Waals surface area contributed by atoms with Crippen LogP contribution in [0.5, 0.6) is 0 Å². The lowest BCUT2D eigenvalue weighted by molar-refractivity contribution is -0.137. The molecular weight excluding hydrogens is 197 g/mol. The molecule has 0 radical (unpaired) electrons. The predicted molar refractivity (Wildman–Crippen MR) is 55.1 cm³/mol. The van der Waals surface area contributed by atoms with Crippen molar-refractivity contribution in [3.8, 4) is 0 Å². The van der Waals surface area contributed by atoms with Gasteiger partial charge in [0.1, 0.15) is 6.17 Å². The second-order valence-electron chi connectivity index (χ2n) is 3.45. The van der Waals surface area contributed by atoms with E-state index in [2.05, 4.69) is 0 Å². The molecule has 0 spiro atoms. The molecule has 1 rings (SSSR count). The summed E-state index contributed by atoms with van der Waals surface area (Å²) in [6.07, 6.45) is -1.33.